The van der Waals surface area contributed by atoms with E-state index in [0.717, 1.165) is 50.4 Å². The smallest absolute Gasteiger partial charge is 0.316 e. The number of anilines is 3. The molecule has 172 valence electrons. The van der Waals surface area contributed by atoms with E-state index in [1.165, 1.54) is 11.3 Å². The number of nitrogens with one attached hydrogen (secondary N) is 1. The molecule has 0 bridgehead atoms. The molecule has 1 aromatic heterocycles. The van der Waals surface area contributed by atoms with Crippen molar-refractivity contribution in [3.8, 4) is 6.01 Å². The van der Waals surface area contributed by atoms with Crippen molar-refractivity contribution in [2.75, 3.05) is 43.1 Å². The van der Waals surface area contributed by atoms with Gasteiger partial charge in [0.1, 0.15) is 0 Å². The molecule has 3 rings (SSSR count). The summed E-state index contributed by atoms with van der Waals surface area (Å²) in [5.41, 5.74) is 10.4. The van der Waals surface area contributed by atoms with Gasteiger partial charge in [0.25, 0.3) is 0 Å². The molecule has 31 heavy (non-hydrogen) atoms. The minimum Gasteiger partial charge on any atom is -0.464 e. The Balaban J connectivity index is 0.00000341. The number of nitrogens with zero attached hydrogens (tertiary/aromatic N) is 3. The standard InChI is InChI=1S/C23H35N5O2.H2S/c1-4-17(14-24)18-7-8-22(28(5-2)20-9-11-29-12-10-20)21(13-18)27-19-15-25-23(26-16-19)30-6-3;/h7-8,13,15-17,20,27H,4-6,9-12,14,24H2,1-3H3;1H2/t17-;/m1./s1. The Labute approximate surface area is 193 Å². The van der Waals surface area contributed by atoms with Gasteiger partial charge in [-0.2, -0.15) is 13.5 Å². The molecule has 1 atom stereocenters. The van der Waals surface area contributed by atoms with Crippen molar-refractivity contribution in [2.24, 2.45) is 5.73 Å². The molecular weight excluding hydrogens is 410 g/mol. The summed E-state index contributed by atoms with van der Waals surface area (Å²) in [7, 11) is 0. The fourth-order valence-electron chi connectivity index (χ4n) is 4.06. The van der Waals surface area contributed by atoms with Gasteiger partial charge >= 0.3 is 6.01 Å². The average Bonchev–Trinajstić information content (AvgIpc) is 2.79. The second-order valence-corrected chi connectivity index (χ2v) is 7.56. The highest BCUT2D eigenvalue weighted by atomic mass is 32.1. The zero-order valence-corrected chi connectivity index (χ0v) is 19.9. The third-order valence-electron chi connectivity index (χ3n) is 5.73. The van der Waals surface area contributed by atoms with E-state index in [2.05, 4.69) is 52.2 Å². The van der Waals surface area contributed by atoms with Gasteiger partial charge in [0.05, 0.1) is 36.1 Å². The van der Waals surface area contributed by atoms with Gasteiger partial charge < -0.3 is 25.4 Å². The van der Waals surface area contributed by atoms with E-state index in [9.17, 15) is 0 Å². The first-order valence-corrected chi connectivity index (χ1v) is 11.1. The minimum absolute atomic E-state index is 0. The lowest BCUT2D eigenvalue weighted by Gasteiger charge is -2.36. The summed E-state index contributed by atoms with van der Waals surface area (Å²) in [6.07, 6.45) is 6.63. The molecule has 1 aliphatic heterocycles. The van der Waals surface area contributed by atoms with Crippen LogP contribution < -0.4 is 20.7 Å². The van der Waals surface area contributed by atoms with Gasteiger partial charge in [-0.3, -0.25) is 0 Å². The molecule has 3 N–H and O–H groups in total. The Bertz CT molecular complexity index is 780. The van der Waals surface area contributed by atoms with Gasteiger partial charge in [-0.25, -0.2) is 9.97 Å². The summed E-state index contributed by atoms with van der Waals surface area (Å²) in [6, 6.07) is 7.55. The lowest BCUT2D eigenvalue weighted by molar-refractivity contribution is 0.0846. The number of ether oxygens (including phenoxy) is 2. The lowest BCUT2D eigenvalue weighted by atomic mass is 9.95. The number of nitrogens with two attached hydrogens (primary N) is 1. The van der Waals surface area contributed by atoms with Crippen LogP contribution in [0, 0.1) is 0 Å². The number of hydrogen-bond acceptors (Lipinski definition) is 7. The maximum absolute atomic E-state index is 6.03. The summed E-state index contributed by atoms with van der Waals surface area (Å²) in [5, 5.41) is 3.54. The van der Waals surface area contributed by atoms with Crippen LogP contribution in [0.15, 0.2) is 30.6 Å². The SMILES string of the molecule is CCOc1ncc(Nc2cc([C@H](CC)CN)ccc2N(CC)C2CCOCC2)cn1.S. The summed E-state index contributed by atoms with van der Waals surface area (Å²) in [6.45, 7) is 10.1. The molecule has 1 aromatic carbocycles. The second-order valence-electron chi connectivity index (χ2n) is 7.56. The quantitative estimate of drug-likeness (QED) is 0.565. The summed E-state index contributed by atoms with van der Waals surface area (Å²) in [5.74, 6) is 0.342. The molecule has 0 unspecified atom stereocenters. The van der Waals surface area contributed by atoms with Crippen molar-refractivity contribution in [1.29, 1.82) is 0 Å². The first kappa shape index (κ1) is 25.2. The highest BCUT2D eigenvalue weighted by molar-refractivity contribution is 7.59. The maximum Gasteiger partial charge on any atom is 0.316 e. The lowest BCUT2D eigenvalue weighted by Crippen LogP contribution is -2.39. The van der Waals surface area contributed by atoms with Crippen LogP contribution in [0.2, 0.25) is 0 Å². The zero-order valence-electron chi connectivity index (χ0n) is 18.9. The number of rotatable bonds is 10. The van der Waals surface area contributed by atoms with Gasteiger partial charge in [0.2, 0.25) is 0 Å². The molecule has 2 aromatic rings. The molecule has 1 fully saturated rings. The van der Waals surface area contributed by atoms with Gasteiger partial charge in [-0.05, 0) is 63.3 Å². The van der Waals surface area contributed by atoms with E-state index in [4.69, 9.17) is 15.2 Å². The molecule has 0 aliphatic carbocycles. The van der Waals surface area contributed by atoms with Crippen LogP contribution in [-0.2, 0) is 4.74 Å². The van der Waals surface area contributed by atoms with Crippen LogP contribution in [0.4, 0.5) is 17.1 Å². The van der Waals surface area contributed by atoms with E-state index >= 15 is 0 Å². The van der Waals surface area contributed by atoms with Crippen molar-refractivity contribution in [3.63, 3.8) is 0 Å². The highest BCUT2D eigenvalue weighted by Crippen LogP contribution is 2.35. The average molecular weight is 448 g/mol. The predicted molar refractivity (Wildman–Crippen MR) is 132 cm³/mol. The summed E-state index contributed by atoms with van der Waals surface area (Å²) >= 11 is 0. The van der Waals surface area contributed by atoms with Crippen LogP contribution in [0.3, 0.4) is 0 Å². The number of aromatic nitrogens is 2. The van der Waals surface area contributed by atoms with Gasteiger partial charge in [-0.1, -0.05) is 13.0 Å². The molecule has 0 amide bonds. The molecule has 8 heteroatoms. The second kappa shape index (κ2) is 12.7. The largest absolute Gasteiger partial charge is 0.464 e. The van der Waals surface area contributed by atoms with Crippen LogP contribution in [-0.4, -0.2) is 48.9 Å². The fourth-order valence-corrected chi connectivity index (χ4v) is 4.06. The van der Waals surface area contributed by atoms with Gasteiger partial charge in [0, 0.05) is 25.8 Å². The normalized spacial score (nSPS) is 15.1. The molecule has 1 aliphatic rings. The van der Waals surface area contributed by atoms with Crippen LogP contribution >= 0.6 is 13.5 Å². The Hall–Kier alpha value is -2.03. The zero-order chi connectivity index (χ0) is 21.3. The molecule has 2 heterocycles. The number of benzene rings is 1. The maximum atomic E-state index is 6.03. The van der Waals surface area contributed by atoms with Crippen LogP contribution in [0.25, 0.3) is 0 Å². The van der Waals surface area contributed by atoms with E-state index in [0.29, 0.717) is 31.1 Å². The van der Waals surface area contributed by atoms with E-state index in [1.54, 1.807) is 12.4 Å². The highest BCUT2D eigenvalue weighted by Gasteiger charge is 2.23. The number of hydrogen-bond donors (Lipinski definition) is 2. The molecular formula is C23H37N5O2S. The van der Waals surface area contributed by atoms with Crippen molar-refractivity contribution >= 4 is 30.6 Å². The topological polar surface area (TPSA) is 85.5 Å². The van der Waals surface area contributed by atoms with Crippen molar-refractivity contribution in [2.45, 2.75) is 52.0 Å². The van der Waals surface area contributed by atoms with Crippen LogP contribution in [0.1, 0.15) is 51.5 Å². The Kier molecular flexibility index (Phi) is 10.4. The van der Waals surface area contributed by atoms with E-state index in [-0.39, 0.29) is 13.5 Å². The van der Waals surface area contributed by atoms with E-state index < -0.39 is 0 Å². The minimum atomic E-state index is 0. The van der Waals surface area contributed by atoms with Gasteiger partial charge in [0.15, 0.2) is 0 Å². The van der Waals surface area contributed by atoms with Crippen molar-refractivity contribution < 1.29 is 9.47 Å². The van der Waals surface area contributed by atoms with Crippen LogP contribution in [0.5, 0.6) is 6.01 Å². The monoisotopic (exact) mass is 447 g/mol. The van der Waals surface area contributed by atoms with Crippen molar-refractivity contribution in [3.05, 3.63) is 36.2 Å². The molecule has 0 spiro atoms. The summed E-state index contributed by atoms with van der Waals surface area (Å²) in [4.78, 5) is 11.1. The summed E-state index contributed by atoms with van der Waals surface area (Å²) < 4.78 is 10.9. The first-order valence-electron chi connectivity index (χ1n) is 11.1. The molecule has 0 radical (unpaired) electrons. The van der Waals surface area contributed by atoms with Gasteiger partial charge in [-0.15, -0.1) is 0 Å². The molecule has 0 saturated carbocycles. The van der Waals surface area contributed by atoms with Crippen molar-refractivity contribution in [1.82, 2.24) is 9.97 Å². The molecule has 7 nitrogen and oxygen atoms in total. The molecule has 1 saturated heterocycles. The third-order valence-corrected chi connectivity index (χ3v) is 5.73. The Morgan fingerprint density at radius 1 is 1.19 bits per heavy atom. The predicted octanol–water partition coefficient (Wildman–Crippen LogP) is 4.19. The fraction of sp³-hybridized carbons (Fsp3) is 0.565. The first-order chi connectivity index (χ1) is 14.7. The van der Waals surface area contributed by atoms with E-state index in [1.807, 2.05) is 6.92 Å². The third kappa shape index (κ3) is 6.48. The Morgan fingerprint density at radius 3 is 2.48 bits per heavy atom. The Morgan fingerprint density at radius 2 is 1.90 bits per heavy atom.